The topological polar surface area (TPSA) is 64.3 Å². The molecule has 0 rings (SSSR count). The molecule has 0 aliphatic heterocycles. The first-order valence-electron chi connectivity index (χ1n) is 5.07. The molecular weight excluding hydrogens is 180 g/mol. The number of carbonyl (C=O) groups is 1. The van der Waals surface area contributed by atoms with Gasteiger partial charge in [-0.3, -0.25) is 4.79 Å². The van der Waals surface area contributed by atoms with E-state index in [1.165, 1.54) is 0 Å². The maximum Gasteiger partial charge on any atom is 0.234 e. The summed E-state index contributed by atoms with van der Waals surface area (Å²) in [6, 6.07) is -0.0741. The van der Waals surface area contributed by atoms with E-state index in [0.717, 1.165) is 6.42 Å². The Bertz CT molecular complexity index is 172. The number of ether oxygens (including phenoxy) is 1. The summed E-state index contributed by atoms with van der Waals surface area (Å²) in [4.78, 5) is 11.1. The van der Waals surface area contributed by atoms with Crippen LogP contribution in [0.1, 0.15) is 27.2 Å². The zero-order valence-corrected chi connectivity index (χ0v) is 9.54. The normalized spacial score (nSPS) is 15.5. The van der Waals surface area contributed by atoms with Gasteiger partial charge in [-0.25, -0.2) is 0 Å². The summed E-state index contributed by atoms with van der Waals surface area (Å²) < 4.78 is 5.04. The first-order valence-corrected chi connectivity index (χ1v) is 5.07. The van der Waals surface area contributed by atoms with Crippen LogP contribution in [-0.4, -0.2) is 31.7 Å². The molecule has 2 unspecified atom stereocenters. The van der Waals surface area contributed by atoms with Crippen LogP contribution in [0, 0.1) is 5.92 Å². The number of carbonyl (C=O) groups excluding carboxylic acids is 1. The molecule has 3 N–H and O–H groups in total. The highest BCUT2D eigenvalue weighted by Gasteiger charge is 2.21. The van der Waals surface area contributed by atoms with Crippen molar-refractivity contribution in [1.82, 2.24) is 5.32 Å². The first-order chi connectivity index (χ1) is 6.52. The molecule has 0 saturated heterocycles. The number of hydrogen-bond donors (Lipinski definition) is 2. The Morgan fingerprint density at radius 2 is 2.07 bits per heavy atom. The highest BCUT2D eigenvalue weighted by Crippen LogP contribution is 2.04. The van der Waals surface area contributed by atoms with Crippen molar-refractivity contribution >= 4 is 5.91 Å². The molecule has 0 heterocycles. The van der Waals surface area contributed by atoms with Crippen molar-refractivity contribution < 1.29 is 9.53 Å². The Hall–Kier alpha value is -0.610. The Balaban J connectivity index is 4.18. The van der Waals surface area contributed by atoms with Crippen LogP contribution in [0.3, 0.4) is 0 Å². The Kier molecular flexibility index (Phi) is 6.49. The van der Waals surface area contributed by atoms with Crippen LogP contribution in [-0.2, 0) is 9.53 Å². The maximum atomic E-state index is 11.1. The lowest BCUT2D eigenvalue weighted by Gasteiger charge is -2.24. The van der Waals surface area contributed by atoms with Gasteiger partial charge in [-0.05, 0) is 12.3 Å². The Morgan fingerprint density at radius 3 is 2.36 bits per heavy atom. The molecule has 0 aromatic heterocycles. The fraction of sp³-hybridized carbons (Fsp3) is 0.900. The molecule has 0 spiro atoms. The number of methoxy groups -OCH3 is 1. The second-order valence-corrected chi connectivity index (χ2v) is 3.85. The van der Waals surface area contributed by atoms with E-state index in [9.17, 15) is 4.79 Å². The third-order valence-corrected chi connectivity index (χ3v) is 2.25. The van der Waals surface area contributed by atoms with Crippen molar-refractivity contribution in [3.63, 3.8) is 0 Å². The lowest BCUT2D eigenvalue weighted by molar-refractivity contribution is -0.121. The Morgan fingerprint density at radius 1 is 1.50 bits per heavy atom. The van der Waals surface area contributed by atoms with Crippen LogP contribution in [0.5, 0.6) is 0 Å². The highest BCUT2D eigenvalue weighted by atomic mass is 16.5. The minimum atomic E-state index is -0.297. The quantitative estimate of drug-likeness (QED) is 0.632. The summed E-state index contributed by atoms with van der Waals surface area (Å²) in [5, 5.41) is 3.20. The molecule has 0 radical (unpaired) electrons. The van der Waals surface area contributed by atoms with E-state index in [0.29, 0.717) is 6.61 Å². The monoisotopic (exact) mass is 202 g/mol. The second-order valence-electron chi connectivity index (χ2n) is 3.85. The molecule has 4 heteroatoms. The van der Waals surface area contributed by atoms with Gasteiger partial charge >= 0.3 is 0 Å². The van der Waals surface area contributed by atoms with E-state index in [-0.39, 0.29) is 23.9 Å². The number of nitrogens with one attached hydrogen (secondary N) is 1. The van der Waals surface area contributed by atoms with Crippen LogP contribution in [0.4, 0.5) is 0 Å². The van der Waals surface area contributed by atoms with Gasteiger partial charge in [0.1, 0.15) is 0 Å². The number of primary amides is 1. The molecule has 2 atom stereocenters. The molecule has 0 bridgehead atoms. The molecule has 1 amide bonds. The number of hydrogen-bond acceptors (Lipinski definition) is 3. The summed E-state index contributed by atoms with van der Waals surface area (Å²) in [6.07, 6.45) is 0.921. The van der Waals surface area contributed by atoms with Crippen molar-refractivity contribution in [3.8, 4) is 0 Å². The van der Waals surface area contributed by atoms with Crippen molar-refractivity contribution in [3.05, 3.63) is 0 Å². The van der Waals surface area contributed by atoms with E-state index in [1.54, 1.807) is 7.11 Å². The van der Waals surface area contributed by atoms with Gasteiger partial charge in [-0.2, -0.15) is 0 Å². The molecule has 0 saturated carbocycles. The molecular formula is C10H22N2O2. The summed E-state index contributed by atoms with van der Waals surface area (Å²) in [6.45, 7) is 6.60. The van der Waals surface area contributed by atoms with Gasteiger partial charge in [0.15, 0.2) is 0 Å². The fourth-order valence-electron chi connectivity index (χ4n) is 1.34. The van der Waals surface area contributed by atoms with Crippen molar-refractivity contribution in [1.29, 1.82) is 0 Å². The van der Waals surface area contributed by atoms with Crippen LogP contribution in [0.2, 0.25) is 0 Å². The zero-order valence-electron chi connectivity index (χ0n) is 9.54. The smallest absolute Gasteiger partial charge is 0.234 e. The minimum Gasteiger partial charge on any atom is -0.383 e. The fourth-order valence-corrected chi connectivity index (χ4v) is 1.34. The van der Waals surface area contributed by atoms with Gasteiger partial charge in [0, 0.05) is 13.2 Å². The largest absolute Gasteiger partial charge is 0.383 e. The molecule has 84 valence electrons. The van der Waals surface area contributed by atoms with Gasteiger partial charge in [-0.1, -0.05) is 20.8 Å². The van der Waals surface area contributed by atoms with Crippen LogP contribution in [0.15, 0.2) is 0 Å². The SMILES string of the molecule is CCC(COC)NC(C(N)=O)C(C)C. The molecule has 0 fully saturated rings. The third kappa shape index (κ3) is 4.58. The van der Waals surface area contributed by atoms with Crippen molar-refractivity contribution in [2.45, 2.75) is 39.3 Å². The van der Waals surface area contributed by atoms with E-state index in [4.69, 9.17) is 10.5 Å². The predicted octanol–water partition coefficient (Wildman–Crippen LogP) is 0.511. The van der Waals surface area contributed by atoms with Gasteiger partial charge in [0.25, 0.3) is 0 Å². The van der Waals surface area contributed by atoms with Gasteiger partial charge < -0.3 is 15.8 Å². The second kappa shape index (κ2) is 6.79. The molecule has 0 aliphatic carbocycles. The number of rotatable bonds is 7. The van der Waals surface area contributed by atoms with Crippen molar-refractivity contribution in [2.75, 3.05) is 13.7 Å². The van der Waals surface area contributed by atoms with Crippen LogP contribution < -0.4 is 11.1 Å². The van der Waals surface area contributed by atoms with Crippen LogP contribution >= 0.6 is 0 Å². The molecule has 4 nitrogen and oxygen atoms in total. The average molecular weight is 202 g/mol. The number of amides is 1. The standard InChI is InChI=1S/C10H22N2O2/c1-5-8(6-14-4)12-9(7(2)3)10(11)13/h7-9,12H,5-6H2,1-4H3,(H2,11,13). The lowest BCUT2D eigenvalue weighted by atomic mass is 10.0. The van der Waals surface area contributed by atoms with Gasteiger partial charge in [0.05, 0.1) is 12.6 Å². The summed E-state index contributed by atoms with van der Waals surface area (Å²) in [7, 11) is 1.65. The van der Waals surface area contributed by atoms with E-state index >= 15 is 0 Å². The molecule has 0 aromatic carbocycles. The predicted molar refractivity (Wildman–Crippen MR) is 56.9 cm³/mol. The van der Waals surface area contributed by atoms with Crippen molar-refractivity contribution in [2.24, 2.45) is 11.7 Å². The summed E-state index contributed by atoms with van der Waals surface area (Å²) in [5.74, 6) is -0.0899. The summed E-state index contributed by atoms with van der Waals surface area (Å²) >= 11 is 0. The lowest BCUT2D eigenvalue weighted by Crippen LogP contribution is -2.50. The minimum absolute atomic E-state index is 0.194. The Labute approximate surface area is 86.2 Å². The molecule has 14 heavy (non-hydrogen) atoms. The number of nitrogens with two attached hydrogens (primary N) is 1. The third-order valence-electron chi connectivity index (χ3n) is 2.25. The van der Waals surface area contributed by atoms with Crippen LogP contribution in [0.25, 0.3) is 0 Å². The van der Waals surface area contributed by atoms with E-state index in [1.807, 2.05) is 13.8 Å². The molecule has 0 aromatic rings. The summed E-state index contributed by atoms with van der Waals surface area (Å²) in [5.41, 5.74) is 5.29. The van der Waals surface area contributed by atoms with Gasteiger partial charge in [0.2, 0.25) is 5.91 Å². The maximum absolute atomic E-state index is 11.1. The zero-order chi connectivity index (χ0) is 11.1. The van der Waals surface area contributed by atoms with E-state index in [2.05, 4.69) is 12.2 Å². The average Bonchev–Trinajstić information content (AvgIpc) is 2.10. The highest BCUT2D eigenvalue weighted by molar-refractivity contribution is 5.80. The first kappa shape index (κ1) is 13.4. The van der Waals surface area contributed by atoms with E-state index < -0.39 is 0 Å². The van der Waals surface area contributed by atoms with Gasteiger partial charge in [-0.15, -0.1) is 0 Å². The molecule has 0 aliphatic rings.